The lowest BCUT2D eigenvalue weighted by Crippen LogP contribution is -2.68. The molecule has 0 spiro atoms. The Morgan fingerprint density at radius 3 is 1.93 bits per heavy atom. The quantitative estimate of drug-likeness (QED) is 0.0702. The van der Waals surface area contributed by atoms with Crippen LogP contribution in [0.25, 0.3) is 0 Å². The molecule has 444 valence electrons. The number of benzene rings is 1. The summed E-state index contributed by atoms with van der Waals surface area (Å²) >= 11 is 0. The van der Waals surface area contributed by atoms with Gasteiger partial charge in [-0.2, -0.15) is 0 Å². The van der Waals surface area contributed by atoms with Gasteiger partial charge in [-0.25, -0.2) is 9.59 Å². The van der Waals surface area contributed by atoms with Gasteiger partial charge in [0, 0.05) is 51.3 Å². The number of hydrogen-bond acceptors (Lipinski definition) is 16. The molecule has 1 unspecified atom stereocenters. The van der Waals surface area contributed by atoms with Crippen molar-refractivity contribution < 1.29 is 71.7 Å². The molecule has 22 heteroatoms. The molecule has 8 amide bonds. The first-order chi connectivity index (χ1) is 38.3. The molecule has 1 aliphatic carbocycles. The summed E-state index contributed by atoms with van der Waals surface area (Å²) in [5, 5.41) is 2.90. The molecule has 0 aromatic heterocycles. The molecule has 4 heterocycles. The van der Waals surface area contributed by atoms with Crippen LogP contribution >= 0.6 is 0 Å². The number of likely N-dealkylation sites (N-methyl/N-ethyl adjacent to an activating group) is 2. The summed E-state index contributed by atoms with van der Waals surface area (Å²) in [6.07, 6.45) is 3.57. The Hall–Kier alpha value is -6.97. The Balaban J connectivity index is 1.23. The molecule has 1 N–H and O–H groups in total. The van der Waals surface area contributed by atoms with Crippen LogP contribution in [0.5, 0.6) is 0 Å². The molecule has 1 saturated carbocycles. The van der Waals surface area contributed by atoms with Crippen LogP contribution in [0.4, 0.5) is 4.79 Å². The van der Waals surface area contributed by atoms with E-state index < -0.39 is 126 Å². The fourth-order valence-electron chi connectivity index (χ4n) is 12.2. The average Bonchev–Trinajstić information content (AvgIpc) is 4.24. The maximum atomic E-state index is 15.7. The molecule has 5 aliphatic rings. The van der Waals surface area contributed by atoms with Gasteiger partial charge < -0.3 is 34.1 Å². The first kappa shape index (κ1) is 63.2. The monoisotopic (exact) mass is 1130 g/mol. The lowest BCUT2D eigenvalue weighted by atomic mass is 9.81. The standard InChI is InChI=1S/C59H83N7O15/c1-34(2)47(60-52(71)48(35(3)4)61(9)10)51(70)59(57(76)81-50(37(7)8)55(74)66-42(43(78-12)31-46(66)69)30-38-18-14-13-15-19-38)27-17-29-65(59)53(72)41-20-16-28-63(41)54(73)49(36(5)6)62(11)58(77)80-33-79-56(75)40-23-21-39(22-24-40)32-64-44(67)25-26-45(64)68/h13-15,18-19,25-26,31,34-37,39-42,47-50H,16-17,20-24,27-30,32-33H2,1-12H3,(H,60,71)/t39?,40?,41-,42-,47?,48-,49-,50-,59+/m0/s1. The second-order valence-corrected chi connectivity index (χ2v) is 23.6. The third-order valence-electron chi connectivity index (χ3n) is 16.4. The minimum Gasteiger partial charge on any atom is -0.499 e. The molecule has 1 aromatic rings. The number of nitrogens with one attached hydrogen (secondary N) is 1. The minimum absolute atomic E-state index is 0.0277. The molecule has 81 heavy (non-hydrogen) atoms. The first-order valence-electron chi connectivity index (χ1n) is 28.4. The van der Waals surface area contributed by atoms with Crippen LogP contribution in [0.15, 0.2) is 54.3 Å². The molecule has 0 bridgehead atoms. The van der Waals surface area contributed by atoms with Gasteiger partial charge in [0.1, 0.15) is 23.9 Å². The SMILES string of the molecule is COC1=CC(=O)N(C(=O)[C@@H](OC(=O)[C@]2(C(=O)C(NC(=O)[C@H](C(C)C)N(C)C)C(C)C)CCCN2C(=O)[C@@H]2CCCN2C(=O)[C@H](C(C)C)N(C)C(=O)OCOC(=O)C2CCC(CN3C(=O)C=CC3=O)CC2)C(C)C)[C@H]1Cc1ccccc1. The Morgan fingerprint density at radius 2 is 1.36 bits per heavy atom. The number of ether oxygens (including phenoxy) is 4. The van der Waals surface area contributed by atoms with Crippen molar-refractivity contribution in [1.29, 1.82) is 0 Å². The van der Waals surface area contributed by atoms with Gasteiger partial charge in [0.05, 0.1) is 25.1 Å². The molecule has 2 saturated heterocycles. The molecule has 3 fully saturated rings. The van der Waals surface area contributed by atoms with Crippen LogP contribution in [0.1, 0.15) is 112 Å². The zero-order valence-corrected chi connectivity index (χ0v) is 49.0. The van der Waals surface area contributed by atoms with Gasteiger partial charge in [0.15, 0.2) is 11.9 Å². The van der Waals surface area contributed by atoms with Crippen LogP contribution in [0.2, 0.25) is 0 Å². The number of imide groups is 2. The van der Waals surface area contributed by atoms with E-state index in [1.165, 1.54) is 42.2 Å². The van der Waals surface area contributed by atoms with E-state index >= 15 is 14.4 Å². The van der Waals surface area contributed by atoms with Crippen molar-refractivity contribution in [3.05, 3.63) is 59.9 Å². The third kappa shape index (κ3) is 13.9. The summed E-state index contributed by atoms with van der Waals surface area (Å²) in [5.41, 5.74) is -1.65. The summed E-state index contributed by atoms with van der Waals surface area (Å²) in [4.78, 5) is 163. The summed E-state index contributed by atoms with van der Waals surface area (Å²) in [7, 11) is 6.20. The Bertz CT molecular complexity index is 2580. The van der Waals surface area contributed by atoms with Gasteiger partial charge in [-0.1, -0.05) is 85.7 Å². The van der Waals surface area contributed by atoms with Crippen molar-refractivity contribution in [2.24, 2.45) is 35.5 Å². The van der Waals surface area contributed by atoms with E-state index in [1.807, 2.05) is 44.2 Å². The van der Waals surface area contributed by atoms with Gasteiger partial charge in [-0.3, -0.25) is 62.8 Å². The van der Waals surface area contributed by atoms with Crippen molar-refractivity contribution in [2.45, 2.75) is 155 Å². The first-order valence-corrected chi connectivity index (χ1v) is 28.4. The maximum Gasteiger partial charge on any atom is 0.413 e. The number of hydrogen-bond donors (Lipinski definition) is 1. The van der Waals surface area contributed by atoms with E-state index in [2.05, 4.69) is 5.32 Å². The van der Waals surface area contributed by atoms with E-state index in [0.29, 0.717) is 32.1 Å². The Kier molecular flexibility index (Phi) is 21.2. The van der Waals surface area contributed by atoms with Crippen LogP contribution < -0.4 is 5.32 Å². The van der Waals surface area contributed by atoms with E-state index in [4.69, 9.17) is 18.9 Å². The number of esters is 2. The van der Waals surface area contributed by atoms with Gasteiger partial charge in [-0.15, -0.1) is 0 Å². The highest BCUT2D eigenvalue weighted by Crippen LogP contribution is 2.39. The summed E-state index contributed by atoms with van der Waals surface area (Å²) in [5.74, 6) is -9.22. The summed E-state index contributed by atoms with van der Waals surface area (Å²) in [6, 6.07) is 3.74. The lowest BCUT2D eigenvalue weighted by molar-refractivity contribution is -0.179. The van der Waals surface area contributed by atoms with Gasteiger partial charge >= 0.3 is 18.0 Å². The number of rotatable bonds is 23. The highest BCUT2D eigenvalue weighted by atomic mass is 16.7. The molecule has 22 nitrogen and oxygen atoms in total. The molecule has 0 radical (unpaired) electrons. The average molecular weight is 1130 g/mol. The normalized spacial score (nSPS) is 23.5. The van der Waals surface area contributed by atoms with Crippen molar-refractivity contribution in [2.75, 3.05) is 54.7 Å². The zero-order valence-electron chi connectivity index (χ0n) is 49.0. The smallest absolute Gasteiger partial charge is 0.413 e. The molecular weight excluding hydrogens is 1050 g/mol. The highest BCUT2D eigenvalue weighted by Gasteiger charge is 2.61. The van der Waals surface area contributed by atoms with E-state index in [9.17, 15) is 38.4 Å². The number of methoxy groups -OCH3 is 1. The Morgan fingerprint density at radius 1 is 0.728 bits per heavy atom. The maximum absolute atomic E-state index is 15.7. The minimum atomic E-state index is -2.44. The highest BCUT2D eigenvalue weighted by molar-refractivity contribution is 6.16. The van der Waals surface area contributed by atoms with Crippen LogP contribution in [0.3, 0.4) is 0 Å². The number of likely N-dealkylation sites (tertiary alicyclic amines) is 2. The fourth-order valence-corrected chi connectivity index (χ4v) is 12.2. The van der Waals surface area contributed by atoms with Crippen LogP contribution in [-0.2, 0) is 73.3 Å². The second kappa shape index (κ2) is 27.2. The zero-order chi connectivity index (χ0) is 59.8. The third-order valence-corrected chi connectivity index (χ3v) is 16.4. The number of amides is 8. The molecule has 1 aromatic carbocycles. The largest absolute Gasteiger partial charge is 0.499 e. The van der Waals surface area contributed by atoms with Crippen molar-refractivity contribution >= 4 is 65.2 Å². The summed E-state index contributed by atoms with van der Waals surface area (Å²) in [6.45, 7) is 13.2. The van der Waals surface area contributed by atoms with Crippen molar-refractivity contribution in [3.63, 3.8) is 0 Å². The van der Waals surface area contributed by atoms with E-state index in [-0.39, 0.29) is 74.7 Å². The van der Waals surface area contributed by atoms with Gasteiger partial charge in [0.25, 0.3) is 23.6 Å². The summed E-state index contributed by atoms with van der Waals surface area (Å²) < 4.78 is 22.6. The topological polar surface area (TPSA) is 256 Å². The predicted molar refractivity (Wildman–Crippen MR) is 293 cm³/mol. The predicted octanol–water partition coefficient (Wildman–Crippen LogP) is 4.04. The molecule has 6 rings (SSSR count). The fraction of sp³-hybridized carbons (Fsp3) is 0.644. The molecule has 7 atom stereocenters. The van der Waals surface area contributed by atoms with Crippen LogP contribution in [-0.4, -0.2) is 191 Å². The number of Topliss-reactive ketones (excluding diaryl/α,β-unsaturated/α-hetero) is 1. The van der Waals surface area contributed by atoms with Gasteiger partial charge in [0.2, 0.25) is 30.1 Å². The number of ketones is 1. The lowest BCUT2D eigenvalue weighted by Gasteiger charge is -2.42. The molecule has 4 aliphatic heterocycles. The van der Waals surface area contributed by atoms with Crippen molar-refractivity contribution in [3.8, 4) is 0 Å². The van der Waals surface area contributed by atoms with Gasteiger partial charge in [-0.05, 0) is 101 Å². The van der Waals surface area contributed by atoms with Crippen LogP contribution in [0, 0.1) is 35.5 Å². The van der Waals surface area contributed by atoms with E-state index in [0.717, 1.165) is 20.3 Å². The number of carbonyl (C=O) groups excluding carboxylic acids is 11. The van der Waals surface area contributed by atoms with Crippen molar-refractivity contribution in [1.82, 2.24) is 34.7 Å². The number of carbonyl (C=O) groups is 11. The van der Waals surface area contributed by atoms with E-state index in [1.54, 1.807) is 60.5 Å². The number of nitrogens with zero attached hydrogens (tertiary/aromatic N) is 6. The second-order valence-electron chi connectivity index (χ2n) is 23.6. The molecular formula is C59H83N7O15. The Labute approximate surface area is 475 Å².